The maximum absolute atomic E-state index is 6.12. The van der Waals surface area contributed by atoms with Crippen molar-refractivity contribution in [2.24, 2.45) is 0 Å². The maximum Gasteiger partial charge on any atom is 0.0748 e. The molecule has 1 aliphatic rings. The van der Waals surface area contributed by atoms with E-state index in [1.807, 2.05) is 0 Å². The largest absolute Gasteiger partial charge is 0.399 e. The van der Waals surface area contributed by atoms with E-state index in [2.05, 4.69) is 4.90 Å². The minimum Gasteiger partial charge on any atom is -0.399 e. The average Bonchev–Trinajstić information content (AvgIpc) is 2.17. The van der Waals surface area contributed by atoms with Gasteiger partial charge in [-0.05, 0) is 12.1 Å². The quantitative estimate of drug-likeness (QED) is 0.806. The standard InChI is InChI=1S/C10H12Cl2N2O.ClH/c11-8-5-7(13)6-9(12)10(8)14-1-3-15-4-2-14;/h5-6H,1-4,13H2;1H. The molecule has 1 aliphatic heterocycles. The van der Waals surface area contributed by atoms with E-state index in [4.69, 9.17) is 33.7 Å². The van der Waals surface area contributed by atoms with Gasteiger partial charge in [-0.2, -0.15) is 0 Å². The van der Waals surface area contributed by atoms with Crippen molar-refractivity contribution in [1.82, 2.24) is 0 Å². The van der Waals surface area contributed by atoms with Crippen molar-refractivity contribution in [2.75, 3.05) is 36.9 Å². The molecule has 0 aromatic heterocycles. The fourth-order valence-electron chi connectivity index (χ4n) is 1.67. The zero-order valence-corrected chi connectivity index (χ0v) is 10.9. The molecular weight excluding hydrogens is 270 g/mol. The van der Waals surface area contributed by atoms with Crippen LogP contribution in [-0.4, -0.2) is 26.3 Å². The van der Waals surface area contributed by atoms with Gasteiger partial charge < -0.3 is 15.4 Å². The molecule has 1 heterocycles. The molecule has 1 aromatic carbocycles. The van der Waals surface area contributed by atoms with Gasteiger partial charge in [-0.3, -0.25) is 0 Å². The van der Waals surface area contributed by atoms with Crippen molar-refractivity contribution >= 4 is 47.0 Å². The topological polar surface area (TPSA) is 38.5 Å². The van der Waals surface area contributed by atoms with Crippen LogP contribution in [0.4, 0.5) is 11.4 Å². The van der Waals surface area contributed by atoms with Gasteiger partial charge in [-0.15, -0.1) is 12.4 Å². The molecule has 90 valence electrons. The van der Waals surface area contributed by atoms with Gasteiger partial charge >= 0.3 is 0 Å². The highest BCUT2D eigenvalue weighted by Crippen LogP contribution is 2.36. The van der Waals surface area contributed by atoms with Crippen LogP contribution in [0, 0.1) is 0 Å². The minimum atomic E-state index is 0. The van der Waals surface area contributed by atoms with Crippen molar-refractivity contribution in [2.45, 2.75) is 0 Å². The Bertz CT molecular complexity index is 344. The number of nitrogens with zero attached hydrogens (tertiary/aromatic N) is 1. The van der Waals surface area contributed by atoms with Crippen LogP contribution in [0.15, 0.2) is 12.1 Å². The Morgan fingerprint density at radius 1 is 1.12 bits per heavy atom. The molecular formula is C10H13Cl3N2O. The molecule has 0 unspecified atom stereocenters. The number of ether oxygens (including phenoxy) is 1. The Balaban J connectivity index is 0.00000128. The lowest BCUT2D eigenvalue weighted by Crippen LogP contribution is -2.36. The summed E-state index contributed by atoms with van der Waals surface area (Å²) in [5, 5.41) is 1.20. The van der Waals surface area contributed by atoms with Crippen LogP contribution >= 0.6 is 35.6 Å². The number of morpholine rings is 1. The Morgan fingerprint density at radius 2 is 1.62 bits per heavy atom. The Kier molecular flexibility index (Phi) is 4.99. The lowest BCUT2D eigenvalue weighted by atomic mass is 10.2. The first-order valence-electron chi connectivity index (χ1n) is 4.75. The first-order chi connectivity index (χ1) is 7.18. The number of anilines is 2. The number of hydrogen-bond donors (Lipinski definition) is 1. The second-order valence-electron chi connectivity index (χ2n) is 3.43. The highest BCUT2D eigenvalue weighted by atomic mass is 35.5. The van der Waals surface area contributed by atoms with E-state index in [-0.39, 0.29) is 12.4 Å². The van der Waals surface area contributed by atoms with Gasteiger partial charge in [-0.25, -0.2) is 0 Å². The summed E-state index contributed by atoms with van der Waals surface area (Å²) in [6.45, 7) is 3.03. The number of halogens is 3. The Hall–Kier alpha value is -0.350. The molecule has 1 aromatic rings. The van der Waals surface area contributed by atoms with Crippen LogP contribution in [0.2, 0.25) is 10.0 Å². The predicted molar refractivity (Wildman–Crippen MR) is 71.2 cm³/mol. The average molecular weight is 284 g/mol. The number of rotatable bonds is 1. The predicted octanol–water partition coefficient (Wildman–Crippen LogP) is 2.83. The second-order valence-corrected chi connectivity index (χ2v) is 4.25. The second kappa shape index (κ2) is 5.82. The molecule has 0 atom stereocenters. The molecule has 0 aliphatic carbocycles. The first kappa shape index (κ1) is 13.7. The first-order valence-corrected chi connectivity index (χ1v) is 5.51. The van der Waals surface area contributed by atoms with Gasteiger partial charge in [0.05, 0.1) is 28.9 Å². The van der Waals surface area contributed by atoms with E-state index in [1.165, 1.54) is 0 Å². The highest BCUT2D eigenvalue weighted by molar-refractivity contribution is 6.39. The molecule has 6 heteroatoms. The van der Waals surface area contributed by atoms with Crippen LogP contribution < -0.4 is 10.6 Å². The highest BCUT2D eigenvalue weighted by Gasteiger charge is 2.17. The van der Waals surface area contributed by atoms with Gasteiger partial charge in [0.25, 0.3) is 0 Å². The zero-order valence-electron chi connectivity index (χ0n) is 8.58. The number of benzene rings is 1. The SMILES string of the molecule is Cl.Nc1cc(Cl)c(N2CCOCC2)c(Cl)c1. The molecule has 1 fully saturated rings. The lowest BCUT2D eigenvalue weighted by molar-refractivity contribution is 0.122. The molecule has 0 saturated carbocycles. The van der Waals surface area contributed by atoms with Crippen molar-refractivity contribution < 1.29 is 4.74 Å². The van der Waals surface area contributed by atoms with Crippen molar-refractivity contribution in [3.8, 4) is 0 Å². The van der Waals surface area contributed by atoms with Gasteiger partial charge in [0, 0.05) is 18.8 Å². The summed E-state index contributed by atoms with van der Waals surface area (Å²) >= 11 is 12.2. The lowest BCUT2D eigenvalue weighted by Gasteiger charge is -2.30. The summed E-state index contributed by atoms with van der Waals surface area (Å²) in [4.78, 5) is 2.12. The number of hydrogen-bond acceptors (Lipinski definition) is 3. The van der Waals surface area contributed by atoms with Crippen LogP contribution in [0.1, 0.15) is 0 Å². The normalized spacial score (nSPS) is 15.8. The zero-order chi connectivity index (χ0) is 10.8. The monoisotopic (exact) mass is 282 g/mol. The van der Waals surface area contributed by atoms with Crippen molar-refractivity contribution in [3.63, 3.8) is 0 Å². The summed E-state index contributed by atoms with van der Waals surface area (Å²) < 4.78 is 5.27. The minimum absolute atomic E-state index is 0. The summed E-state index contributed by atoms with van der Waals surface area (Å²) in [6, 6.07) is 3.44. The fraction of sp³-hybridized carbons (Fsp3) is 0.400. The van der Waals surface area contributed by atoms with Gasteiger partial charge in [0.1, 0.15) is 0 Å². The van der Waals surface area contributed by atoms with Crippen LogP contribution in [0.3, 0.4) is 0 Å². The van der Waals surface area contributed by atoms with Gasteiger partial charge in [0.15, 0.2) is 0 Å². The smallest absolute Gasteiger partial charge is 0.0748 e. The van der Waals surface area contributed by atoms with Gasteiger partial charge in [0.2, 0.25) is 0 Å². The number of nitrogens with two attached hydrogens (primary N) is 1. The Morgan fingerprint density at radius 3 is 2.12 bits per heavy atom. The summed E-state index contributed by atoms with van der Waals surface area (Å²) in [7, 11) is 0. The van der Waals surface area contributed by atoms with E-state index in [9.17, 15) is 0 Å². The third kappa shape index (κ3) is 2.86. The van der Waals surface area contributed by atoms with E-state index in [0.717, 1.165) is 18.8 Å². The third-order valence-electron chi connectivity index (χ3n) is 2.37. The summed E-state index contributed by atoms with van der Waals surface area (Å²) in [5.74, 6) is 0. The van der Waals surface area contributed by atoms with E-state index in [0.29, 0.717) is 28.9 Å². The summed E-state index contributed by atoms with van der Waals surface area (Å²) in [5.41, 5.74) is 7.09. The van der Waals surface area contributed by atoms with Crippen molar-refractivity contribution in [3.05, 3.63) is 22.2 Å². The molecule has 0 bridgehead atoms. The molecule has 2 rings (SSSR count). The molecule has 0 amide bonds. The molecule has 16 heavy (non-hydrogen) atoms. The third-order valence-corrected chi connectivity index (χ3v) is 2.94. The van der Waals surface area contributed by atoms with Crippen LogP contribution in [0.5, 0.6) is 0 Å². The molecule has 0 radical (unpaired) electrons. The number of nitrogen functional groups attached to an aromatic ring is 1. The molecule has 2 N–H and O–H groups in total. The van der Waals surface area contributed by atoms with Gasteiger partial charge in [-0.1, -0.05) is 23.2 Å². The fourth-order valence-corrected chi connectivity index (χ4v) is 2.42. The van der Waals surface area contributed by atoms with E-state index < -0.39 is 0 Å². The van der Waals surface area contributed by atoms with Crippen LogP contribution in [-0.2, 0) is 4.74 Å². The van der Waals surface area contributed by atoms with Crippen LogP contribution in [0.25, 0.3) is 0 Å². The maximum atomic E-state index is 6.12. The summed E-state index contributed by atoms with van der Waals surface area (Å²) in [6.07, 6.45) is 0. The molecule has 1 saturated heterocycles. The molecule has 0 spiro atoms. The molecule has 3 nitrogen and oxygen atoms in total. The van der Waals surface area contributed by atoms with E-state index >= 15 is 0 Å². The Labute approximate surface area is 111 Å². The van der Waals surface area contributed by atoms with Crippen molar-refractivity contribution in [1.29, 1.82) is 0 Å². The van der Waals surface area contributed by atoms with E-state index in [1.54, 1.807) is 12.1 Å².